The van der Waals surface area contributed by atoms with Crippen molar-refractivity contribution in [3.63, 3.8) is 0 Å². The molecule has 0 aromatic heterocycles. The molecule has 0 spiro atoms. The molecule has 1 aliphatic heterocycles. The summed E-state index contributed by atoms with van der Waals surface area (Å²) in [6, 6.07) is 7.95. The second kappa shape index (κ2) is 5.64. The predicted molar refractivity (Wildman–Crippen MR) is 77.4 cm³/mol. The van der Waals surface area contributed by atoms with E-state index in [-0.39, 0.29) is 5.91 Å². The molecule has 0 bridgehead atoms. The second-order valence-electron chi connectivity index (χ2n) is 5.76. The number of nitrogens with zero attached hydrogens (tertiary/aromatic N) is 1. The molecule has 0 atom stereocenters. The quantitative estimate of drug-likeness (QED) is 0.900. The number of carbonyl (C=O) groups excluding carboxylic acids is 1. The van der Waals surface area contributed by atoms with Crippen molar-refractivity contribution in [3.8, 4) is 0 Å². The number of carbonyl (C=O) groups is 1. The van der Waals surface area contributed by atoms with Gasteiger partial charge in [-0.25, -0.2) is 0 Å². The zero-order valence-electron chi connectivity index (χ0n) is 11.4. The molecule has 1 aromatic rings. The molecule has 1 aliphatic carbocycles. The highest BCUT2D eigenvalue weighted by Crippen LogP contribution is 2.25. The van der Waals surface area contributed by atoms with Crippen LogP contribution in [-0.4, -0.2) is 30.4 Å². The summed E-state index contributed by atoms with van der Waals surface area (Å²) in [6.07, 6.45) is 6.59. The number of anilines is 1. The number of hydrogen-bond acceptors (Lipinski definition) is 2. The third-order valence-electron chi connectivity index (χ3n) is 4.32. The summed E-state index contributed by atoms with van der Waals surface area (Å²) in [5.41, 5.74) is 1.90. The fourth-order valence-corrected chi connectivity index (χ4v) is 2.94. The van der Waals surface area contributed by atoms with Crippen LogP contribution in [0.5, 0.6) is 0 Å². The van der Waals surface area contributed by atoms with E-state index >= 15 is 0 Å². The van der Waals surface area contributed by atoms with Crippen molar-refractivity contribution in [2.24, 2.45) is 5.92 Å². The highest BCUT2D eigenvalue weighted by Gasteiger charge is 2.21. The Morgan fingerprint density at radius 1 is 1.21 bits per heavy atom. The number of hydrogen-bond donors (Lipinski definition) is 1. The molecular weight excluding hydrogens is 236 g/mol. The van der Waals surface area contributed by atoms with Crippen LogP contribution in [0.1, 0.15) is 42.5 Å². The van der Waals surface area contributed by atoms with Crippen LogP contribution in [0.15, 0.2) is 24.3 Å². The van der Waals surface area contributed by atoms with E-state index in [1.54, 1.807) is 0 Å². The fourth-order valence-electron chi connectivity index (χ4n) is 2.94. The normalized spacial score (nSPS) is 19.3. The third-order valence-corrected chi connectivity index (χ3v) is 4.32. The molecular formula is C16H22N2O. The van der Waals surface area contributed by atoms with Gasteiger partial charge in [0.05, 0.1) is 0 Å². The summed E-state index contributed by atoms with van der Waals surface area (Å²) in [7, 11) is 0. The summed E-state index contributed by atoms with van der Waals surface area (Å²) in [6.45, 7) is 2.87. The van der Waals surface area contributed by atoms with Crippen LogP contribution in [0.4, 0.5) is 5.69 Å². The maximum Gasteiger partial charge on any atom is 0.253 e. The topological polar surface area (TPSA) is 32.3 Å². The molecule has 3 rings (SSSR count). The van der Waals surface area contributed by atoms with E-state index in [0.717, 1.165) is 43.2 Å². The Labute approximate surface area is 115 Å². The number of likely N-dealkylation sites (tertiary alicyclic amines) is 1. The molecule has 0 unspecified atom stereocenters. The van der Waals surface area contributed by atoms with Crippen LogP contribution < -0.4 is 5.32 Å². The van der Waals surface area contributed by atoms with Crippen LogP contribution in [-0.2, 0) is 0 Å². The molecule has 0 radical (unpaired) electrons. The van der Waals surface area contributed by atoms with Gasteiger partial charge in [0.15, 0.2) is 0 Å². The number of benzene rings is 1. The lowest BCUT2D eigenvalue weighted by Crippen LogP contribution is -2.42. The monoisotopic (exact) mass is 258 g/mol. The largest absolute Gasteiger partial charge is 0.385 e. The van der Waals surface area contributed by atoms with Gasteiger partial charge in [-0.15, -0.1) is 0 Å². The minimum atomic E-state index is 0.177. The van der Waals surface area contributed by atoms with Crippen LogP contribution in [0.3, 0.4) is 0 Å². The second-order valence-corrected chi connectivity index (χ2v) is 5.76. The van der Waals surface area contributed by atoms with Gasteiger partial charge >= 0.3 is 0 Å². The molecule has 1 amide bonds. The van der Waals surface area contributed by atoms with Crippen LogP contribution in [0.25, 0.3) is 0 Å². The van der Waals surface area contributed by atoms with Gasteiger partial charge in [0.1, 0.15) is 0 Å². The van der Waals surface area contributed by atoms with E-state index in [2.05, 4.69) is 11.4 Å². The molecule has 2 fully saturated rings. The van der Waals surface area contributed by atoms with Crippen molar-refractivity contribution < 1.29 is 4.79 Å². The maximum atomic E-state index is 12.1. The molecule has 1 saturated heterocycles. The van der Waals surface area contributed by atoms with Gasteiger partial charge in [-0.05, 0) is 43.4 Å². The summed E-state index contributed by atoms with van der Waals surface area (Å²) in [4.78, 5) is 14.1. The lowest BCUT2D eigenvalue weighted by Gasteiger charge is -2.31. The summed E-state index contributed by atoms with van der Waals surface area (Å²) in [5.74, 6) is 0.991. The first-order chi connectivity index (χ1) is 9.33. The molecule has 1 heterocycles. The first-order valence-electron chi connectivity index (χ1n) is 7.46. The Morgan fingerprint density at radius 2 is 2.00 bits per heavy atom. The van der Waals surface area contributed by atoms with Crippen molar-refractivity contribution in [1.29, 1.82) is 0 Å². The highest BCUT2D eigenvalue weighted by atomic mass is 16.2. The van der Waals surface area contributed by atoms with Crippen LogP contribution in [0.2, 0.25) is 0 Å². The van der Waals surface area contributed by atoms with Gasteiger partial charge in [0, 0.05) is 30.9 Å². The molecule has 1 aromatic carbocycles. The van der Waals surface area contributed by atoms with Crippen molar-refractivity contribution >= 4 is 11.6 Å². The van der Waals surface area contributed by atoms with E-state index in [0.29, 0.717) is 0 Å². The number of nitrogens with one attached hydrogen (secondary N) is 1. The Hall–Kier alpha value is -1.51. The van der Waals surface area contributed by atoms with E-state index in [4.69, 9.17) is 0 Å². The highest BCUT2D eigenvalue weighted by molar-refractivity contribution is 5.95. The lowest BCUT2D eigenvalue weighted by atomic mass is 10.1. The van der Waals surface area contributed by atoms with Gasteiger partial charge in [0.25, 0.3) is 5.91 Å². The summed E-state index contributed by atoms with van der Waals surface area (Å²) >= 11 is 0. The van der Waals surface area contributed by atoms with E-state index in [9.17, 15) is 4.79 Å². The Kier molecular flexibility index (Phi) is 3.72. The number of rotatable bonds is 4. The average molecular weight is 258 g/mol. The lowest BCUT2D eigenvalue weighted by molar-refractivity contribution is 0.0652. The van der Waals surface area contributed by atoms with Gasteiger partial charge in [0.2, 0.25) is 0 Å². The smallest absolute Gasteiger partial charge is 0.253 e. The van der Waals surface area contributed by atoms with Gasteiger partial charge in [-0.3, -0.25) is 4.79 Å². The molecule has 1 saturated carbocycles. The first kappa shape index (κ1) is 12.5. The molecule has 2 aliphatic rings. The molecule has 3 nitrogen and oxygen atoms in total. The number of amides is 1. The summed E-state index contributed by atoms with van der Waals surface area (Å²) < 4.78 is 0. The minimum Gasteiger partial charge on any atom is -0.385 e. The standard InChI is InChI=1S/C16H22N2O/c19-16(18-9-4-10-18)14-7-3-8-15(11-14)17-12-13-5-1-2-6-13/h3,7-8,11,13,17H,1-2,4-6,9-10,12H2. The third kappa shape index (κ3) is 2.91. The zero-order valence-corrected chi connectivity index (χ0v) is 11.4. The zero-order chi connectivity index (χ0) is 13.1. The van der Waals surface area contributed by atoms with Crippen molar-refractivity contribution in [1.82, 2.24) is 4.90 Å². The Balaban J connectivity index is 1.60. The van der Waals surface area contributed by atoms with Crippen molar-refractivity contribution in [3.05, 3.63) is 29.8 Å². The Morgan fingerprint density at radius 3 is 2.68 bits per heavy atom. The SMILES string of the molecule is O=C(c1cccc(NCC2CCCC2)c1)N1CCC1. The molecule has 102 valence electrons. The minimum absolute atomic E-state index is 0.177. The van der Waals surface area contributed by atoms with E-state index < -0.39 is 0 Å². The maximum absolute atomic E-state index is 12.1. The van der Waals surface area contributed by atoms with Crippen LogP contribution in [0, 0.1) is 5.92 Å². The van der Waals surface area contributed by atoms with Gasteiger partial charge < -0.3 is 10.2 Å². The van der Waals surface area contributed by atoms with Crippen LogP contribution >= 0.6 is 0 Å². The molecule has 3 heteroatoms. The van der Waals surface area contributed by atoms with E-state index in [1.807, 2.05) is 23.1 Å². The average Bonchev–Trinajstić information content (AvgIpc) is 2.88. The van der Waals surface area contributed by atoms with Gasteiger partial charge in [-0.2, -0.15) is 0 Å². The van der Waals surface area contributed by atoms with Gasteiger partial charge in [-0.1, -0.05) is 18.9 Å². The molecule has 19 heavy (non-hydrogen) atoms. The van der Waals surface area contributed by atoms with Crippen molar-refractivity contribution in [2.45, 2.75) is 32.1 Å². The van der Waals surface area contributed by atoms with Crippen molar-refractivity contribution in [2.75, 3.05) is 25.0 Å². The predicted octanol–water partition coefficient (Wildman–Crippen LogP) is 3.13. The van der Waals surface area contributed by atoms with E-state index in [1.165, 1.54) is 25.7 Å². The fraction of sp³-hybridized carbons (Fsp3) is 0.562. The summed E-state index contributed by atoms with van der Waals surface area (Å²) in [5, 5.41) is 3.49. The molecule has 1 N–H and O–H groups in total. The Bertz CT molecular complexity index is 448. The first-order valence-corrected chi connectivity index (χ1v) is 7.46.